The molecule has 0 amide bonds. The van der Waals surface area contributed by atoms with Crippen LogP contribution in [0.1, 0.15) is 13.8 Å². The van der Waals surface area contributed by atoms with E-state index >= 15 is 0 Å². The highest BCUT2D eigenvalue weighted by atomic mass is 28.1. The van der Waals surface area contributed by atoms with Crippen LogP contribution >= 0.6 is 0 Å². The van der Waals surface area contributed by atoms with Crippen LogP contribution in [0.5, 0.6) is 0 Å². The molecule has 0 saturated carbocycles. The molecule has 0 heterocycles. The first-order valence-corrected chi connectivity index (χ1v) is 4.49. The van der Waals surface area contributed by atoms with Gasteiger partial charge in [-0.15, -0.1) is 0 Å². The second kappa shape index (κ2) is 8.95. The lowest BCUT2D eigenvalue weighted by atomic mass is 10.5. The summed E-state index contributed by atoms with van der Waals surface area (Å²) in [6.07, 6.45) is 0. The Morgan fingerprint density at radius 1 is 1.33 bits per heavy atom. The summed E-state index contributed by atoms with van der Waals surface area (Å²) in [4.78, 5) is 0. The van der Waals surface area contributed by atoms with Crippen LogP contribution in [0.4, 0.5) is 0 Å². The van der Waals surface area contributed by atoms with E-state index < -0.39 is 0 Å². The predicted molar refractivity (Wildman–Crippen MR) is 35.1 cm³/mol. The third kappa shape index (κ3) is 1350. The molecule has 0 saturated heterocycles. The summed E-state index contributed by atoms with van der Waals surface area (Å²) >= 11 is 0. The maximum atomic E-state index is 5.11. The summed E-state index contributed by atoms with van der Waals surface area (Å²) in [6.45, 7) is 6.03. The first kappa shape index (κ1) is 9.49. The van der Waals surface area contributed by atoms with E-state index in [1.54, 1.807) is 0 Å². The van der Waals surface area contributed by atoms with Gasteiger partial charge in [0, 0.05) is 0 Å². The topological polar surface area (TPSA) is 26.0 Å². The number of hydrogen-bond donors (Lipinski definition) is 1. The van der Waals surface area contributed by atoms with Crippen molar-refractivity contribution in [1.29, 1.82) is 0 Å². The van der Waals surface area contributed by atoms with E-state index in [0.717, 1.165) is 0 Å². The van der Waals surface area contributed by atoms with Crippen molar-refractivity contribution in [2.45, 2.75) is 26.4 Å². The minimum absolute atomic E-state index is 0.333. The lowest BCUT2D eigenvalue weighted by Crippen LogP contribution is -2.06. The normalized spacial score (nSPS) is 7.50. The number of rotatable bonds is 0. The molecule has 0 aliphatic carbocycles. The monoisotopic (exact) mass is 105 g/mol. The maximum absolute atomic E-state index is 5.11. The van der Waals surface area contributed by atoms with Gasteiger partial charge in [0.15, 0.2) is 0 Å². The summed E-state index contributed by atoms with van der Waals surface area (Å²) in [7, 11) is 1.31. The summed E-state index contributed by atoms with van der Waals surface area (Å²) in [5, 5.41) is 0. The quantitative estimate of drug-likeness (QED) is 0.423. The highest BCUT2D eigenvalue weighted by Gasteiger charge is 1.67. The Hall–Kier alpha value is 0.177. The van der Waals surface area contributed by atoms with Gasteiger partial charge < -0.3 is 5.73 Å². The average Bonchev–Trinajstić information content (AvgIpc) is 1.41. The third-order valence-corrected chi connectivity index (χ3v) is 0. The van der Waals surface area contributed by atoms with Crippen LogP contribution in [-0.2, 0) is 0 Å². The Morgan fingerprint density at radius 3 is 1.33 bits per heavy atom. The van der Waals surface area contributed by atoms with Crippen LogP contribution in [0, 0.1) is 0 Å². The molecule has 0 aromatic rings. The maximum Gasteiger partial charge on any atom is -0.000585 e. The van der Waals surface area contributed by atoms with E-state index in [1.807, 2.05) is 13.8 Å². The van der Waals surface area contributed by atoms with E-state index in [0.29, 0.717) is 6.04 Å². The van der Waals surface area contributed by atoms with Crippen molar-refractivity contribution in [3.05, 3.63) is 0 Å². The Morgan fingerprint density at radius 2 is 1.33 bits per heavy atom. The molecule has 0 aliphatic rings. The van der Waals surface area contributed by atoms with Gasteiger partial charge >= 0.3 is 0 Å². The van der Waals surface area contributed by atoms with Crippen LogP contribution in [0.3, 0.4) is 0 Å². The predicted octanol–water partition coefficient (Wildman–Crippen LogP) is -0.247. The van der Waals surface area contributed by atoms with Crippen molar-refractivity contribution < 1.29 is 0 Å². The van der Waals surface area contributed by atoms with Gasteiger partial charge in [-0.2, -0.15) is 0 Å². The molecule has 0 aliphatic heterocycles. The van der Waals surface area contributed by atoms with Gasteiger partial charge in [-0.1, -0.05) is 20.4 Å². The Balaban J connectivity index is 0. The van der Waals surface area contributed by atoms with Crippen molar-refractivity contribution >= 4 is 10.2 Å². The van der Waals surface area contributed by atoms with Gasteiger partial charge in [0.25, 0.3) is 0 Å². The highest BCUT2D eigenvalue weighted by molar-refractivity contribution is 6.05. The fraction of sp³-hybridized carbons (Fsp3) is 1.00. The van der Waals surface area contributed by atoms with Gasteiger partial charge in [-0.25, -0.2) is 0 Å². The Kier molecular flexibility index (Phi) is 14.2. The first-order chi connectivity index (χ1) is 2.73. The van der Waals surface area contributed by atoms with E-state index in [-0.39, 0.29) is 0 Å². The standard InChI is InChI=1S/C3H9N.CH6Si/c1-3(2)4;1-2/h3H,4H2,1-2H3;1-2H3. The van der Waals surface area contributed by atoms with Crippen molar-refractivity contribution in [3.63, 3.8) is 0 Å². The van der Waals surface area contributed by atoms with Crippen LogP contribution in [-0.4, -0.2) is 16.3 Å². The molecule has 0 aromatic heterocycles. The Labute approximate surface area is 43.4 Å². The average molecular weight is 105 g/mol. The molecule has 1 nitrogen and oxygen atoms in total. The van der Waals surface area contributed by atoms with Gasteiger partial charge in [-0.05, 0) is 16.3 Å². The second-order valence-electron chi connectivity index (χ2n) is 1.24. The van der Waals surface area contributed by atoms with Gasteiger partial charge in [-0.3, -0.25) is 0 Å². The molecule has 0 fully saturated rings. The molecule has 0 spiro atoms. The smallest absolute Gasteiger partial charge is 0.000585 e. The largest absolute Gasteiger partial charge is 0.328 e. The van der Waals surface area contributed by atoms with Gasteiger partial charge in [0.2, 0.25) is 0 Å². The molecule has 0 radical (unpaired) electrons. The lowest BCUT2D eigenvalue weighted by Gasteiger charge is -1.81. The SMILES string of the molecule is CC(C)N.C[SiH3]. The minimum atomic E-state index is 0.333. The number of hydrogen-bond acceptors (Lipinski definition) is 1. The molecule has 2 heteroatoms. The molecule has 6 heavy (non-hydrogen) atoms. The van der Waals surface area contributed by atoms with Gasteiger partial charge in [0.1, 0.15) is 0 Å². The molecule has 0 bridgehead atoms. The first-order valence-electron chi connectivity index (χ1n) is 2.49. The second-order valence-corrected chi connectivity index (χ2v) is 1.24. The molecule has 0 rings (SSSR count). The fourth-order valence-corrected chi connectivity index (χ4v) is 0. The molecule has 2 N–H and O–H groups in total. The third-order valence-electron chi connectivity index (χ3n) is 0. The Bertz CT molecular complexity index is 12.3. The molecular formula is C4H15NSi. The summed E-state index contributed by atoms with van der Waals surface area (Å²) in [6, 6.07) is 0.333. The van der Waals surface area contributed by atoms with E-state index in [1.165, 1.54) is 10.2 Å². The van der Waals surface area contributed by atoms with Crippen LogP contribution in [0.2, 0.25) is 6.55 Å². The zero-order chi connectivity index (χ0) is 5.58. The lowest BCUT2D eigenvalue weighted by molar-refractivity contribution is 0.834. The molecular weight excluding hydrogens is 90.1 g/mol. The van der Waals surface area contributed by atoms with Crippen molar-refractivity contribution in [2.24, 2.45) is 5.73 Å². The van der Waals surface area contributed by atoms with Crippen molar-refractivity contribution in [3.8, 4) is 0 Å². The van der Waals surface area contributed by atoms with E-state index in [9.17, 15) is 0 Å². The van der Waals surface area contributed by atoms with Crippen LogP contribution in [0.15, 0.2) is 0 Å². The number of nitrogens with two attached hydrogens (primary N) is 1. The summed E-state index contributed by atoms with van der Waals surface area (Å²) in [5.41, 5.74) is 5.11. The zero-order valence-electron chi connectivity index (χ0n) is 5.15. The molecule has 0 unspecified atom stereocenters. The van der Waals surface area contributed by atoms with Crippen LogP contribution < -0.4 is 5.73 Å². The van der Waals surface area contributed by atoms with Crippen molar-refractivity contribution in [1.82, 2.24) is 0 Å². The molecule has 40 valence electrons. The summed E-state index contributed by atoms with van der Waals surface area (Å²) < 4.78 is 0. The highest BCUT2D eigenvalue weighted by Crippen LogP contribution is 1.58. The molecule has 0 atom stereocenters. The fourth-order valence-electron chi connectivity index (χ4n) is 0. The van der Waals surface area contributed by atoms with E-state index in [4.69, 9.17) is 5.73 Å². The summed E-state index contributed by atoms with van der Waals surface area (Å²) in [5.74, 6) is 0. The van der Waals surface area contributed by atoms with Gasteiger partial charge in [0.05, 0.1) is 0 Å². The molecule has 0 aromatic carbocycles. The van der Waals surface area contributed by atoms with E-state index in [2.05, 4.69) is 6.55 Å². The zero-order valence-corrected chi connectivity index (χ0v) is 7.15. The van der Waals surface area contributed by atoms with Crippen LogP contribution in [0.25, 0.3) is 0 Å². The van der Waals surface area contributed by atoms with Crippen molar-refractivity contribution in [2.75, 3.05) is 0 Å². The minimum Gasteiger partial charge on any atom is -0.328 e.